The van der Waals surface area contributed by atoms with Crippen LogP contribution in [0.4, 0.5) is 13.2 Å². The predicted molar refractivity (Wildman–Crippen MR) is 118 cm³/mol. The summed E-state index contributed by atoms with van der Waals surface area (Å²) in [7, 11) is 1.53. The number of rotatable bonds is 4. The summed E-state index contributed by atoms with van der Waals surface area (Å²) in [5.41, 5.74) is 4.21. The Labute approximate surface area is 191 Å². The van der Waals surface area contributed by atoms with Crippen molar-refractivity contribution in [1.82, 2.24) is 9.97 Å². The molecule has 2 aromatic carbocycles. The summed E-state index contributed by atoms with van der Waals surface area (Å²) in [6, 6.07) is 13.5. The van der Waals surface area contributed by atoms with Crippen LogP contribution in [0.3, 0.4) is 0 Å². The standard InChI is InChI=1S/C23H15Cl2F3N2O2/c1-12-21(22(25)16-9-17(24)20(31-2)10-19(16)30-12)14-5-3-13(4-6-14)18-8-7-15(11-29-18)32-23(26,27)28/h3-11H,1-2H3. The van der Waals surface area contributed by atoms with Gasteiger partial charge in [-0.2, -0.15) is 0 Å². The van der Waals surface area contributed by atoms with Gasteiger partial charge in [0.05, 0.1) is 34.6 Å². The number of methoxy groups -OCH3 is 1. The maximum absolute atomic E-state index is 12.3. The molecule has 0 N–H and O–H groups in total. The minimum atomic E-state index is -4.76. The Morgan fingerprint density at radius 1 is 0.938 bits per heavy atom. The van der Waals surface area contributed by atoms with Crippen molar-refractivity contribution in [2.45, 2.75) is 13.3 Å². The number of benzene rings is 2. The molecule has 0 saturated heterocycles. The lowest BCUT2D eigenvalue weighted by Gasteiger charge is -2.13. The van der Waals surface area contributed by atoms with Gasteiger partial charge in [-0.3, -0.25) is 9.97 Å². The van der Waals surface area contributed by atoms with Gasteiger partial charge in [0, 0.05) is 28.3 Å². The number of aromatic nitrogens is 2. The fourth-order valence-electron chi connectivity index (χ4n) is 3.39. The van der Waals surface area contributed by atoms with Gasteiger partial charge >= 0.3 is 6.36 Å². The van der Waals surface area contributed by atoms with Crippen LogP contribution in [-0.4, -0.2) is 23.4 Å². The van der Waals surface area contributed by atoms with Crippen molar-refractivity contribution in [2.75, 3.05) is 7.11 Å². The summed E-state index contributed by atoms with van der Waals surface area (Å²) in [6.45, 7) is 1.86. The first-order chi connectivity index (χ1) is 15.2. The average Bonchev–Trinajstić information content (AvgIpc) is 2.74. The summed E-state index contributed by atoms with van der Waals surface area (Å²) in [4.78, 5) is 8.69. The maximum atomic E-state index is 12.3. The smallest absolute Gasteiger partial charge is 0.495 e. The van der Waals surface area contributed by atoms with Crippen molar-refractivity contribution in [3.8, 4) is 33.9 Å². The van der Waals surface area contributed by atoms with E-state index < -0.39 is 6.36 Å². The number of ether oxygens (including phenoxy) is 2. The molecule has 164 valence electrons. The summed E-state index contributed by atoms with van der Waals surface area (Å²) in [5.74, 6) is 0.135. The number of halogens is 5. The molecule has 32 heavy (non-hydrogen) atoms. The van der Waals surface area contributed by atoms with Crippen LogP contribution in [0, 0.1) is 6.92 Å². The van der Waals surface area contributed by atoms with E-state index in [1.807, 2.05) is 31.2 Å². The fraction of sp³-hybridized carbons (Fsp3) is 0.130. The van der Waals surface area contributed by atoms with Crippen LogP contribution in [0.1, 0.15) is 5.69 Å². The first-order valence-electron chi connectivity index (χ1n) is 9.32. The molecule has 0 spiro atoms. The molecule has 0 bridgehead atoms. The molecule has 0 radical (unpaired) electrons. The van der Waals surface area contributed by atoms with Crippen molar-refractivity contribution in [3.63, 3.8) is 0 Å². The molecule has 0 atom stereocenters. The van der Waals surface area contributed by atoms with E-state index >= 15 is 0 Å². The number of fused-ring (bicyclic) bond motifs is 1. The number of hydrogen-bond acceptors (Lipinski definition) is 4. The zero-order chi connectivity index (χ0) is 23.0. The second kappa shape index (κ2) is 8.48. The van der Waals surface area contributed by atoms with Gasteiger partial charge in [-0.15, -0.1) is 13.2 Å². The average molecular weight is 479 g/mol. The molecule has 2 aromatic heterocycles. The Balaban J connectivity index is 1.68. The van der Waals surface area contributed by atoms with E-state index in [1.165, 1.54) is 19.2 Å². The zero-order valence-corrected chi connectivity index (χ0v) is 18.3. The molecule has 0 fully saturated rings. The molecule has 0 aliphatic heterocycles. The normalized spacial score (nSPS) is 11.6. The zero-order valence-electron chi connectivity index (χ0n) is 16.8. The van der Waals surface area contributed by atoms with Crippen LogP contribution >= 0.6 is 23.2 Å². The van der Waals surface area contributed by atoms with Crippen LogP contribution in [0.5, 0.6) is 11.5 Å². The van der Waals surface area contributed by atoms with Gasteiger partial charge in [-0.1, -0.05) is 47.5 Å². The molecule has 0 saturated carbocycles. The van der Waals surface area contributed by atoms with E-state index in [9.17, 15) is 13.2 Å². The van der Waals surface area contributed by atoms with Crippen LogP contribution < -0.4 is 9.47 Å². The second-order valence-corrected chi connectivity index (χ2v) is 7.68. The lowest BCUT2D eigenvalue weighted by Crippen LogP contribution is -2.17. The van der Waals surface area contributed by atoms with Crippen molar-refractivity contribution in [3.05, 3.63) is 70.5 Å². The van der Waals surface area contributed by atoms with Gasteiger partial charge in [-0.25, -0.2) is 0 Å². The largest absolute Gasteiger partial charge is 0.573 e. The van der Waals surface area contributed by atoms with Gasteiger partial charge in [0.1, 0.15) is 11.5 Å². The van der Waals surface area contributed by atoms with Crippen LogP contribution in [0.25, 0.3) is 33.3 Å². The first-order valence-corrected chi connectivity index (χ1v) is 10.1. The minimum Gasteiger partial charge on any atom is -0.495 e. The fourth-order valence-corrected chi connectivity index (χ4v) is 4.02. The Kier molecular flexibility index (Phi) is 5.88. The number of alkyl halides is 3. The molecule has 4 rings (SSSR count). The third-order valence-corrected chi connectivity index (χ3v) is 5.50. The molecular formula is C23H15Cl2F3N2O2. The van der Waals surface area contributed by atoms with E-state index in [1.54, 1.807) is 12.1 Å². The number of aryl methyl sites for hydroxylation is 1. The lowest BCUT2D eigenvalue weighted by atomic mass is 9.99. The van der Waals surface area contributed by atoms with Crippen LogP contribution in [-0.2, 0) is 0 Å². The molecule has 0 amide bonds. The van der Waals surface area contributed by atoms with Gasteiger partial charge < -0.3 is 9.47 Å². The predicted octanol–water partition coefficient (Wildman–Crippen LogP) is 7.49. The van der Waals surface area contributed by atoms with Crippen molar-refractivity contribution in [2.24, 2.45) is 0 Å². The Morgan fingerprint density at radius 2 is 1.62 bits per heavy atom. The Hall–Kier alpha value is -3.03. The van der Waals surface area contributed by atoms with Crippen LogP contribution in [0.2, 0.25) is 10.0 Å². The Bertz CT molecular complexity index is 1290. The van der Waals surface area contributed by atoms with E-state index in [0.29, 0.717) is 32.4 Å². The monoisotopic (exact) mass is 478 g/mol. The molecule has 4 nitrogen and oxygen atoms in total. The van der Waals surface area contributed by atoms with E-state index in [2.05, 4.69) is 14.7 Å². The topological polar surface area (TPSA) is 44.2 Å². The molecule has 0 aliphatic carbocycles. The van der Waals surface area contributed by atoms with Crippen molar-refractivity contribution >= 4 is 34.1 Å². The molecule has 0 aliphatic rings. The third-order valence-electron chi connectivity index (χ3n) is 4.82. The molecule has 2 heterocycles. The quantitative estimate of drug-likeness (QED) is 0.304. The summed E-state index contributed by atoms with van der Waals surface area (Å²) in [6.07, 6.45) is -3.73. The van der Waals surface area contributed by atoms with Crippen molar-refractivity contribution < 1.29 is 22.6 Å². The van der Waals surface area contributed by atoms with E-state index in [-0.39, 0.29) is 5.75 Å². The summed E-state index contributed by atoms with van der Waals surface area (Å²) >= 11 is 13.0. The summed E-state index contributed by atoms with van der Waals surface area (Å²) < 4.78 is 46.0. The molecule has 9 heteroatoms. The molecule has 4 aromatic rings. The van der Waals surface area contributed by atoms with Gasteiger partial charge in [0.15, 0.2) is 0 Å². The number of pyridine rings is 2. The molecule has 0 unspecified atom stereocenters. The number of nitrogens with zero attached hydrogens (tertiary/aromatic N) is 2. The van der Waals surface area contributed by atoms with E-state index in [4.69, 9.17) is 27.9 Å². The minimum absolute atomic E-state index is 0.377. The van der Waals surface area contributed by atoms with Crippen molar-refractivity contribution in [1.29, 1.82) is 0 Å². The SMILES string of the molecule is COc1cc2nc(C)c(-c3ccc(-c4ccc(OC(F)(F)F)cn4)cc3)c(Cl)c2cc1Cl. The van der Waals surface area contributed by atoms with Crippen LogP contribution in [0.15, 0.2) is 54.7 Å². The first kappa shape index (κ1) is 22.2. The highest BCUT2D eigenvalue weighted by molar-refractivity contribution is 6.39. The number of hydrogen-bond donors (Lipinski definition) is 0. The van der Waals surface area contributed by atoms with Gasteiger partial charge in [0.2, 0.25) is 0 Å². The summed E-state index contributed by atoms with van der Waals surface area (Å²) in [5, 5.41) is 1.64. The molecular weight excluding hydrogens is 464 g/mol. The lowest BCUT2D eigenvalue weighted by molar-refractivity contribution is -0.274. The maximum Gasteiger partial charge on any atom is 0.573 e. The third kappa shape index (κ3) is 4.45. The highest BCUT2D eigenvalue weighted by Gasteiger charge is 2.31. The highest BCUT2D eigenvalue weighted by atomic mass is 35.5. The van der Waals surface area contributed by atoms with Gasteiger partial charge in [0.25, 0.3) is 0 Å². The second-order valence-electron chi connectivity index (χ2n) is 6.89. The highest BCUT2D eigenvalue weighted by Crippen LogP contribution is 2.39. The van der Waals surface area contributed by atoms with E-state index in [0.717, 1.165) is 28.6 Å². The Morgan fingerprint density at radius 3 is 2.22 bits per heavy atom. The van der Waals surface area contributed by atoms with Gasteiger partial charge in [-0.05, 0) is 30.7 Å².